The summed E-state index contributed by atoms with van der Waals surface area (Å²) in [5, 5.41) is 2.82. The predicted octanol–water partition coefficient (Wildman–Crippen LogP) is 2.31. The quantitative estimate of drug-likeness (QED) is 0.671. The largest absolute Gasteiger partial charge is 0.350 e. The SMILES string of the molecule is Cc1ccc(SCCNC(=O)c2cnccn2)cc1. The van der Waals surface area contributed by atoms with Gasteiger partial charge in [-0.25, -0.2) is 4.98 Å². The monoisotopic (exact) mass is 273 g/mol. The van der Waals surface area contributed by atoms with Crippen LogP contribution in [-0.2, 0) is 0 Å². The first kappa shape index (κ1) is 13.5. The van der Waals surface area contributed by atoms with Crippen LogP contribution in [0.5, 0.6) is 0 Å². The summed E-state index contributed by atoms with van der Waals surface area (Å²) in [6.45, 7) is 2.67. The molecule has 0 radical (unpaired) electrons. The number of aromatic nitrogens is 2. The molecule has 1 aromatic heterocycles. The minimum Gasteiger partial charge on any atom is -0.350 e. The fraction of sp³-hybridized carbons (Fsp3) is 0.214. The van der Waals surface area contributed by atoms with Gasteiger partial charge in [-0.2, -0.15) is 0 Å². The molecule has 2 rings (SSSR count). The van der Waals surface area contributed by atoms with Gasteiger partial charge < -0.3 is 5.32 Å². The van der Waals surface area contributed by atoms with E-state index in [0.29, 0.717) is 12.2 Å². The summed E-state index contributed by atoms with van der Waals surface area (Å²) in [5.41, 5.74) is 1.60. The Labute approximate surface area is 116 Å². The molecule has 0 bridgehead atoms. The zero-order valence-corrected chi connectivity index (χ0v) is 11.5. The van der Waals surface area contributed by atoms with Crippen LogP contribution in [0, 0.1) is 6.92 Å². The third-order valence-electron chi connectivity index (χ3n) is 2.47. The number of thioether (sulfide) groups is 1. The molecule has 0 spiro atoms. The van der Waals surface area contributed by atoms with Gasteiger partial charge in [0.2, 0.25) is 0 Å². The van der Waals surface area contributed by atoms with Crippen LogP contribution in [-0.4, -0.2) is 28.2 Å². The van der Waals surface area contributed by atoms with Crippen LogP contribution < -0.4 is 5.32 Å². The van der Waals surface area contributed by atoms with E-state index in [0.717, 1.165) is 5.75 Å². The number of nitrogens with one attached hydrogen (secondary N) is 1. The molecule has 1 N–H and O–H groups in total. The highest BCUT2D eigenvalue weighted by atomic mass is 32.2. The first-order chi connectivity index (χ1) is 9.25. The molecule has 0 aliphatic carbocycles. The van der Waals surface area contributed by atoms with E-state index in [1.165, 1.54) is 22.9 Å². The van der Waals surface area contributed by atoms with Crippen molar-refractivity contribution in [3.63, 3.8) is 0 Å². The molecule has 0 atom stereocenters. The van der Waals surface area contributed by atoms with Crippen LogP contribution in [0.25, 0.3) is 0 Å². The second-order valence-electron chi connectivity index (χ2n) is 4.01. The molecule has 5 heteroatoms. The molecule has 1 heterocycles. The van der Waals surface area contributed by atoms with Crippen molar-refractivity contribution in [2.24, 2.45) is 0 Å². The predicted molar refractivity (Wildman–Crippen MR) is 76.3 cm³/mol. The fourth-order valence-corrected chi connectivity index (χ4v) is 2.24. The van der Waals surface area contributed by atoms with Crippen LogP contribution in [0.2, 0.25) is 0 Å². The number of hydrogen-bond acceptors (Lipinski definition) is 4. The number of aryl methyl sites for hydroxylation is 1. The van der Waals surface area contributed by atoms with Gasteiger partial charge in [0.1, 0.15) is 5.69 Å². The molecular formula is C14H15N3OS. The van der Waals surface area contributed by atoms with E-state index in [1.807, 2.05) is 0 Å². The molecule has 0 saturated carbocycles. The third-order valence-corrected chi connectivity index (χ3v) is 3.49. The van der Waals surface area contributed by atoms with Gasteiger partial charge in [0.25, 0.3) is 5.91 Å². The maximum atomic E-state index is 11.7. The van der Waals surface area contributed by atoms with Gasteiger partial charge in [-0.05, 0) is 19.1 Å². The molecule has 4 nitrogen and oxygen atoms in total. The summed E-state index contributed by atoms with van der Waals surface area (Å²) in [7, 11) is 0. The van der Waals surface area contributed by atoms with Crippen LogP contribution in [0.15, 0.2) is 47.8 Å². The Kier molecular flexibility index (Phi) is 4.92. The topological polar surface area (TPSA) is 54.9 Å². The van der Waals surface area contributed by atoms with Crippen LogP contribution in [0.3, 0.4) is 0 Å². The van der Waals surface area contributed by atoms with E-state index in [1.54, 1.807) is 18.0 Å². The number of hydrogen-bond donors (Lipinski definition) is 1. The third kappa shape index (κ3) is 4.37. The maximum Gasteiger partial charge on any atom is 0.271 e. The lowest BCUT2D eigenvalue weighted by molar-refractivity contribution is 0.0951. The smallest absolute Gasteiger partial charge is 0.271 e. The van der Waals surface area contributed by atoms with E-state index in [9.17, 15) is 4.79 Å². The minimum absolute atomic E-state index is 0.183. The van der Waals surface area contributed by atoms with Crippen molar-refractivity contribution in [1.82, 2.24) is 15.3 Å². The zero-order chi connectivity index (χ0) is 13.5. The van der Waals surface area contributed by atoms with Crippen LogP contribution in [0.1, 0.15) is 16.1 Å². The van der Waals surface area contributed by atoms with Gasteiger partial charge in [-0.1, -0.05) is 17.7 Å². The van der Waals surface area contributed by atoms with Crippen LogP contribution in [0.4, 0.5) is 0 Å². The van der Waals surface area contributed by atoms with Gasteiger partial charge in [-0.3, -0.25) is 9.78 Å². The summed E-state index contributed by atoms with van der Waals surface area (Å²) in [5.74, 6) is 0.646. The summed E-state index contributed by atoms with van der Waals surface area (Å²) >= 11 is 1.72. The van der Waals surface area contributed by atoms with E-state index in [4.69, 9.17) is 0 Å². The highest BCUT2D eigenvalue weighted by Gasteiger charge is 2.05. The minimum atomic E-state index is -0.183. The molecule has 0 aliphatic rings. The molecule has 19 heavy (non-hydrogen) atoms. The second-order valence-corrected chi connectivity index (χ2v) is 5.18. The highest BCUT2D eigenvalue weighted by Crippen LogP contribution is 2.17. The molecular weight excluding hydrogens is 258 g/mol. The lowest BCUT2D eigenvalue weighted by atomic mass is 10.2. The maximum absolute atomic E-state index is 11.7. The Hall–Kier alpha value is -1.88. The van der Waals surface area contributed by atoms with E-state index < -0.39 is 0 Å². The first-order valence-corrected chi connectivity index (χ1v) is 6.98. The Bertz CT molecular complexity index is 528. The number of nitrogens with zero attached hydrogens (tertiary/aromatic N) is 2. The zero-order valence-electron chi connectivity index (χ0n) is 10.7. The lowest BCUT2D eigenvalue weighted by Gasteiger charge is -2.04. The molecule has 0 fully saturated rings. The normalized spacial score (nSPS) is 10.2. The summed E-state index contributed by atoms with van der Waals surface area (Å²) in [6.07, 6.45) is 4.52. The van der Waals surface area contributed by atoms with Gasteiger partial charge in [0, 0.05) is 29.6 Å². The molecule has 1 amide bonds. The highest BCUT2D eigenvalue weighted by molar-refractivity contribution is 7.99. The molecule has 1 aromatic carbocycles. The Morgan fingerprint density at radius 3 is 2.74 bits per heavy atom. The Morgan fingerprint density at radius 1 is 1.26 bits per heavy atom. The fourth-order valence-electron chi connectivity index (χ4n) is 1.47. The average molecular weight is 273 g/mol. The average Bonchev–Trinajstić information content (AvgIpc) is 2.46. The second kappa shape index (κ2) is 6.89. The molecule has 0 unspecified atom stereocenters. The van der Waals surface area contributed by atoms with Gasteiger partial charge in [0.15, 0.2) is 0 Å². The summed E-state index contributed by atoms with van der Waals surface area (Å²) in [4.78, 5) is 20.7. The van der Waals surface area contributed by atoms with Crippen molar-refractivity contribution in [2.75, 3.05) is 12.3 Å². The van der Waals surface area contributed by atoms with E-state index in [2.05, 4.69) is 46.5 Å². The van der Waals surface area contributed by atoms with Crippen molar-refractivity contribution in [3.8, 4) is 0 Å². The van der Waals surface area contributed by atoms with Crippen LogP contribution >= 0.6 is 11.8 Å². The molecule has 98 valence electrons. The van der Waals surface area contributed by atoms with E-state index in [-0.39, 0.29) is 5.91 Å². The van der Waals surface area contributed by atoms with Crippen molar-refractivity contribution in [3.05, 3.63) is 54.1 Å². The summed E-state index contributed by atoms with van der Waals surface area (Å²) in [6, 6.07) is 8.34. The summed E-state index contributed by atoms with van der Waals surface area (Å²) < 4.78 is 0. The Morgan fingerprint density at radius 2 is 2.05 bits per heavy atom. The molecule has 0 saturated heterocycles. The van der Waals surface area contributed by atoms with E-state index >= 15 is 0 Å². The van der Waals surface area contributed by atoms with Gasteiger partial charge >= 0.3 is 0 Å². The van der Waals surface area contributed by atoms with Gasteiger partial charge in [0.05, 0.1) is 6.20 Å². The van der Waals surface area contributed by atoms with Crippen molar-refractivity contribution in [1.29, 1.82) is 0 Å². The number of carbonyl (C=O) groups is 1. The van der Waals surface area contributed by atoms with Crippen molar-refractivity contribution in [2.45, 2.75) is 11.8 Å². The Balaban J connectivity index is 1.72. The first-order valence-electron chi connectivity index (χ1n) is 5.99. The van der Waals surface area contributed by atoms with Crippen molar-refractivity contribution < 1.29 is 4.79 Å². The number of rotatable bonds is 5. The number of amides is 1. The number of carbonyl (C=O) groups excluding carboxylic acids is 1. The molecule has 2 aromatic rings. The molecule has 0 aliphatic heterocycles. The van der Waals surface area contributed by atoms with Gasteiger partial charge in [-0.15, -0.1) is 11.8 Å². The number of benzene rings is 1. The van der Waals surface area contributed by atoms with Crippen molar-refractivity contribution >= 4 is 17.7 Å². The standard InChI is InChI=1S/C14H15N3OS/c1-11-2-4-12(5-3-11)19-9-8-17-14(18)13-10-15-6-7-16-13/h2-7,10H,8-9H2,1H3,(H,17,18). The lowest BCUT2D eigenvalue weighted by Crippen LogP contribution is -2.26.